The summed E-state index contributed by atoms with van der Waals surface area (Å²) in [5.74, 6) is 0.349. The van der Waals surface area contributed by atoms with Gasteiger partial charge in [-0.2, -0.15) is 5.26 Å². The second-order valence-corrected chi connectivity index (χ2v) is 4.99. The topological polar surface area (TPSA) is 68.2 Å². The van der Waals surface area contributed by atoms with Crippen molar-refractivity contribution in [3.8, 4) is 6.19 Å². The Hall–Kier alpha value is -1.28. The fourth-order valence-electron chi connectivity index (χ4n) is 2.42. The number of amides is 1. The molecule has 0 saturated carbocycles. The van der Waals surface area contributed by atoms with E-state index in [0.29, 0.717) is 12.5 Å². The van der Waals surface area contributed by atoms with Gasteiger partial charge in [0.25, 0.3) is 0 Å². The lowest BCUT2D eigenvalue weighted by molar-refractivity contribution is -0.124. The van der Waals surface area contributed by atoms with E-state index >= 15 is 0 Å². The molecule has 0 aromatic carbocycles. The molecule has 0 radical (unpaired) electrons. The Kier molecular flexibility index (Phi) is 5.93. The van der Waals surface area contributed by atoms with Gasteiger partial charge in [-0.25, -0.2) is 0 Å². The third-order valence-corrected chi connectivity index (χ3v) is 3.82. The number of carbonyl (C=O) groups excluding carboxylic acids is 1. The van der Waals surface area contributed by atoms with Crippen LogP contribution in [0.5, 0.6) is 0 Å². The molecule has 0 aliphatic carbocycles. The zero-order valence-electron chi connectivity index (χ0n) is 11.6. The van der Waals surface area contributed by atoms with Gasteiger partial charge < -0.3 is 15.5 Å². The Morgan fingerprint density at radius 3 is 2.89 bits per heavy atom. The van der Waals surface area contributed by atoms with Crippen LogP contribution in [0.3, 0.4) is 0 Å². The maximum Gasteiger partial charge on any atom is 0.237 e. The monoisotopic (exact) mass is 252 g/mol. The molecule has 102 valence electrons. The fraction of sp³-hybridized carbons (Fsp3) is 0.846. The zero-order chi connectivity index (χ0) is 13.5. The first-order valence-corrected chi connectivity index (χ1v) is 6.75. The summed E-state index contributed by atoms with van der Waals surface area (Å²) in [6.07, 6.45) is 5.17. The minimum atomic E-state index is -0.146. The molecule has 1 saturated heterocycles. The van der Waals surface area contributed by atoms with Crippen molar-refractivity contribution in [3.05, 3.63) is 0 Å². The number of likely N-dealkylation sites (tertiary alicyclic amines) is 1. The molecule has 1 rings (SSSR count). The average molecular weight is 252 g/mol. The molecule has 1 fully saturated rings. The van der Waals surface area contributed by atoms with Crippen molar-refractivity contribution in [1.82, 2.24) is 15.5 Å². The zero-order valence-corrected chi connectivity index (χ0v) is 11.6. The van der Waals surface area contributed by atoms with Crippen molar-refractivity contribution in [2.45, 2.75) is 45.2 Å². The van der Waals surface area contributed by atoms with Crippen LogP contribution in [0.1, 0.15) is 33.1 Å². The number of nitriles is 1. The predicted molar refractivity (Wildman–Crippen MR) is 70.7 cm³/mol. The van der Waals surface area contributed by atoms with Crippen LogP contribution >= 0.6 is 0 Å². The fourth-order valence-corrected chi connectivity index (χ4v) is 2.42. The molecule has 1 heterocycles. The Labute approximate surface area is 110 Å². The van der Waals surface area contributed by atoms with E-state index in [-0.39, 0.29) is 18.0 Å². The van der Waals surface area contributed by atoms with Gasteiger partial charge in [0.15, 0.2) is 6.19 Å². The number of nitrogens with zero attached hydrogens (tertiary/aromatic N) is 2. The molecule has 2 N–H and O–H groups in total. The number of carbonyl (C=O) groups is 1. The van der Waals surface area contributed by atoms with Gasteiger partial charge in [-0.3, -0.25) is 4.79 Å². The highest BCUT2D eigenvalue weighted by molar-refractivity contribution is 5.82. The molecule has 0 bridgehead atoms. The van der Waals surface area contributed by atoms with Gasteiger partial charge in [-0.15, -0.1) is 0 Å². The molecule has 0 spiro atoms. The number of likely N-dealkylation sites (N-methyl/N-ethyl adjacent to an activating group) is 1. The van der Waals surface area contributed by atoms with Gasteiger partial charge in [0, 0.05) is 13.1 Å². The summed E-state index contributed by atoms with van der Waals surface area (Å²) in [7, 11) is 1.81. The first kappa shape index (κ1) is 14.8. The van der Waals surface area contributed by atoms with Crippen LogP contribution in [0, 0.1) is 17.4 Å². The Bertz CT molecular complexity index is 313. The van der Waals surface area contributed by atoms with Gasteiger partial charge >= 0.3 is 0 Å². The van der Waals surface area contributed by atoms with E-state index in [1.807, 2.05) is 7.05 Å². The first-order valence-electron chi connectivity index (χ1n) is 6.75. The number of hydrogen-bond acceptors (Lipinski definition) is 4. The molecule has 0 aromatic rings. The molecule has 3 atom stereocenters. The summed E-state index contributed by atoms with van der Waals surface area (Å²) >= 11 is 0. The lowest BCUT2D eigenvalue weighted by atomic mass is 9.98. The highest BCUT2D eigenvalue weighted by Gasteiger charge is 2.26. The minimum Gasteiger partial charge on any atom is -0.353 e. The summed E-state index contributed by atoms with van der Waals surface area (Å²) in [5, 5.41) is 15.0. The van der Waals surface area contributed by atoms with Crippen LogP contribution in [0.15, 0.2) is 0 Å². The van der Waals surface area contributed by atoms with Crippen molar-refractivity contribution in [2.75, 3.05) is 20.1 Å². The normalized spacial score (nSPS) is 22.3. The van der Waals surface area contributed by atoms with Crippen LogP contribution in [-0.2, 0) is 4.79 Å². The molecule has 1 amide bonds. The molecular formula is C13H24N4O. The summed E-state index contributed by atoms with van der Waals surface area (Å²) in [5.41, 5.74) is 0. The molecule has 5 heteroatoms. The van der Waals surface area contributed by atoms with E-state index < -0.39 is 0 Å². The van der Waals surface area contributed by atoms with E-state index in [1.54, 1.807) is 4.90 Å². The van der Waals surface area contributed by atoms with Gasteiger partial charge in [-0.1, -0.05) is 20.3 Å². The summed E-state index contributed by atoms with van der Waals surface area (Å²) in [6, 6.07) is 0.0281. The SMILES string of the molecule is CC[C@H](C)[C@H](NC)C(=O)NCC1CCCN1C#N. The molecule has 5 nitrogen and oxygen atoms in total. The van der Waals surface area contributed by atoms with Crippen molar-refractivity contribution in [1.29, 1.82) is 5.26 Å². The Balaban J connectivity index is 2.42. The van der Waals surface area contributed by atoms with Crippen molar-refractivity contribution >= 4 is 5.91 Å². The van der Waals surface area contributed by atoms with E-state index in [2.05, 4.69) is 30.7 Å². The first-order chi connectivity index (χ1) is 8.63. The van der Waals surface area contributed by atoms with Gasteiger partial charge in [0.1, 0.15) is 0 Å². The smallest absolute Gasteiger partial charge is 0.237 e. The maximum absolute atomic E-state index is 12.1. The van der Waals surface area contributed by atoms with Crippen LogP contribution in [0.4, 0.5) is 0 Å². The van der Waals surface area contributed by atoms with E-state index in [0.717, 1.165) is 25.8 Å². The number of nitrogens with one attached hydrogen (secondary N) is 2. The second-order valence-electron chi connectivity index (χ2n) is 4.99. The largest absolute Gasteiger partial charge is 0.353 e. The summed E-state index contributed by atoms with van der Waals surface area (Å²) in [4.78, 5) is 13.8. The lowest BCUT2D eigenvalue weighted by Crippen LogP contribution is -2.49. The van der Waals surface area contributed by atoms with Crippen molar-refractivity contribution in [2.24, 2.45) is 5.92 Å². The molecule has 18 heavy (non-hydrogen) atoms. The third-order valence-electron chi connectivity index (χ3n) is 3.82. The van der Waals surface area contributed by atoms with Gasteiger partial charge in [-0.05, 0) is 25.8 Å². The maximum atomic E-state index is 12.1. The quantitative estimate of drug-likeness (QED) is 0.682. The predicted octanol–water partition coefficient (Wildman–Crippen LogP) is 0.682. The van der Waals surface area contributed by atoms with Crippen LogP contribution < -0.4 is 10.6 Å². The van der Waals surface area contributed by atoms with Crippen LogP contribution in [0.2, 0.25) is 0 Å². The van der Waals surface area contributed by atoms with Gasteiger partial charge in [0.2, 0.25) is 5.91 Å². The summed E-state index contributed by atoms with van der Waals surface area (Å²) in [6.45, 7) is 5.54. The van der Waals surface area contributed by atoms with E-state index in [4.69, 9.17) is 5.26 Å². The van der Waals surface area contributed by atoms with Crippen LogP contribution in [-0.4, -0.2) is 43.0 Å². The number of rotatable bonds is 6. The van der Waals surface area contributed by atoms with Gasteiger partial charge in [0.05, 0.1) is 12.1 Å². The van der Waals surface area contributed by atoms with E-state index in [9.17, 15) is 4.79 Å². The van der Waals surface area contributed by atoms with Crippen molar-refractivity contribution in [3.63, 3.8) is 0 Å². The highest BCUT2D eigenvalue weighted by atomic mass is 16.2. The molecule has 1 unspecified atom stereocenters. The standard InChI is InChI=1S/C13H24N4O/c1-4-10(2)12(15-3)13(18)16-8-11-6-5-7-17(11)9-14/h10-12,15H,4-8H2,1-3H3,(H,16,18)/t10-,11?,12-/m0/s1. The summed E-state index contributed by atoms with van der Waals surface area (Å²) < 4.78 is 0. The molecule has 1 aliphatic heterocycles. The molecule has 1 aliphatic rings. The van der Waals surface area contributed by atoms with E-state index in [1.165, 1.54) is 0 Å². The minimum absolute atomic E-state index is 0.0386. The third kappa shape index (κ3) is 3.61. The Morgan fingerprint density at radius 1 is 1.61 bits per heavy atom. The highest BCUT2D eigenvalue weighted by Crippen LogP contribution is 2.15. The van der Waals surface area contributed by atoms with Crippen molar-refractivity contribution < 1.29 is 4.79 Å². The molecule has 0 aromatic heterocycles. The average Bonchev–Trinajstić information content (AvgIpc) is 2.84. The second kappa shape index (κ2) is 7.22. The number of hydrogen-bond donors (Lipinski definition) is 2. The lowest BCUT2D eigenvalue weighted by Gasteiger charge is -2.24. The molecular weight excluding hydrogens is 228 g/mol. The Morgan fingerprint density at radius 2 is 2.33 bits per heavy atom. The van der Waals surface area contributed by atoms with Crippen LogP contribution in [0.25, 0.3) is 0 Å².